The van der Waals surface area contributed by atoms with E-state index in [1.807, 2.05) is 20.8 Å². The highest BCUT2D eigenvalue weighted by Crippen LogP contribution is 2.28. The fourth-order valence-electron chi connectivity index (χ4n) is 2.22. The third-order valence-corrected chi connectivity index (χ3v) is 3.83. The van der Waals surface area contributed by atoms with Crippen LogP contribution in [0.5, 0.6) is 0 Å². The molecule has 148 valence electrons. The van der Waals surface area contributed by atoms with Crippen LogP contribution in [0.25, 0.3) is 0 Å². The molecule has 1 fully saturated rings. The Morgan fingerprint density at radius 3 is 2.62 bits per heavy atom. The number of rotatable bonds is 10. The maximum Gasteiger partial charge on any atom is 0.226 e. The van der Waals surface area contributed by atoms with Crippen molar-refractivity contribution in [2.45, 2.75) is 52.4 Å². The minimum atomic E-state index is 0. The summed E-state index contributed by atoms with van der Waals surface area (Å²) >= 11 is 0. The predicted molar refractivity (Wildman–Crippen MR) is 112 cm³/mol. The molecule has 9 heteroatoms. The molecular weight excluding hydrogens is 447 g/mol. The third-order valence-electron chi connectivity index (χ3n) is 3.83. The standard InChI is InChI=1S/C17H30N6O2.HI/c1-4-18-17(21-11-10-19-16(24)13-7-8-13)20-9-5-6-14-22-15(12(2)3)23-25-14;/h12-13H,4-11H2,1-3H3,(H,19,24)(H2,18,20,21);1H. The molecule has 26 heavy (non-hydrogen) atoms. The van der Waals surface area contributed by atoms with Crippen LogP contribution in [-0.2, 0) is 11.2 Å². The van der Waals surface area contributed by atoms with Crippen LogP contribution in [0.15, 0.2) is 9.52 Å². The molecule has 2 rings (SSSR count). The Hall–Kier alpha value is -1.39. The Bertz CT molecular complexity index is 571. The highest BCUT2D eigenvalue weighted by molar-refractivity contribution is 14.0. The molecule has 0 saturated heterocycles. The normalized spacial score (nSPS) is 14.1. The molecule has 0 aromatic carbocycles. The number of hydrogen-bond donors (Lipinski definition) is 3. The summed E-state index contributed by atoms with van der Waals surface area (Å²) in [7, 11) is 0. The molecule has 1 aromatic heterocycles. The van der Waals surface area contributed by atoms with Crippen LogP contribution in [0.3, 0.4) is 0 Å². The van der Waals surface area contributed by atoms with Crippen molar-refractivity contribution in [3.8, 4) is 0 Å². The van der Waals surface area contributed by atoms with Gasteiger partial charge < -0.3 is 20.5 Å². The van der Waals surface area contributed by atoms with Gasteiger partial charge in [-0.1, -0.05) is 19.0 Å². The molecule has 0 bridgehead atoms. The molecule has 0 spiro atoms. The van der Waals surface area contributed by atoms with Gasteiger partial charge in [-0.15, -0.1) is 24.0 Å². The first kappa shape index (κ1) is 22.7. The van der Waals surface area contributed by atoms with E-state index in [1.165, 1.54) is 0 Å². The topological polar surface area (TPSA) is 104 Å². The van der Waals surface area contributed by atoms with Gasteiger partial charge in [0.25, 0.3) is 0 Å². The van der Waals surface area contributed by atoms with Gasteiger partial charge in [-0.05, 0) is 26.2 Å². The van der Waals surface area contributed by atoms with E-state index in [0.717, 1.165) is 44.0 Å². The molecule has 8 nitrogen and oxygen atoms in total. The summed E-state index contributed by atoms with van der Waals surface area (Å²) in [4.78, 5) is 20.4. The average Bonchev–Trinajstić information content (AvgIpc) is 3.33. The lowest BCUT2D eigenvalue weighted by atomic mass is 10.2. The first-order chi connectivity index (χ1) is 12.1. The summed E-state index contributed by atoms with van der Waals surface area (Å²) in [5, 5.41) is 13.3. The third kappa shape index (κ3) is 8.33. The van der Waals surface area contributed by atoms with Gasteiger partial charge in [0, 0.05) is 44.4 Å². The molecular formula is C17H31IN6O2. The molecule has 0 aliphatic heterocycles. The van der Waals surface area contributed by atoms with E-state index in [9.17, 15) is 4.79 Å². The van der Waals surface area contributed by atoms with E-state index >= 15 is 0 Å². The average molecular weight is 478 g/mol. The van der Waals surface area contributed by atoms with E-state index in [0.29, 0.717) is 25.5 Å². The zero-order valence-corrected chi connectivity index (χ0v) is 18.2. The fraction of sp³-hybridized carbons (Fsp3) is 0.765. The molecule has 0 atom stereocenters. The quantitative estimate of drug-likeness (QED) is 0.205. The number of nitrogens with one attached hydrogen (secondary N) is 3. The van der Waals surface area contributed by atoms with Crippen LogP contribution in [0.1, 0.15) is 57.7 Å². The number of aryl methyl sites for hydroxylation is 1. The number of carbonyl (C=O) groups is 1. The number of aliphatic imine (C=N–C) groups is 1. The molecule has 1 aliphatic rings. The zero-order valence-electron chi connectivity index (χ0n) is 15.9. The van der Waals surface area contributed by atoms with Gasteiger partial charge in [0.05, 0.1) is 0 Å². The lowest BCUT2D eigenvalue weighted by Crippen LogP contribution is -2.41. The minimum Gasteiger partial charge on any atom is -0.357 e. The van der Waals surface area contributed by atoms with Crippen LogP contribution in [0.2, 0.25) is 0 Å². The number of aromatic nitrogens is 2. The van der Waals surface area contributed by atoms with Gasteiger partial charge in [-0.3, -0.25) is 9.79 Å². The van der Waals surface area contributed by atoms with Crippen molar-refractivity contribution in [3.05, 3.63) is 11.7 Å². The second-order valence-electron chi connectivity index (χ2n) is 6.56. The van der Waals surface area contributed by atoms with E-state index in [2.05, 4.69) is 31.1 Å². The van der Waals surface area contributed by atoms with Crippen LogP contribution in [0.4, 0.5) is 0 Å². The summed E-state index contributed by atoms with van der Waals surface area (Å²) in [6, 6.07) is 0. The van der Waals surface area contributed by atoms with Gasteiger partial charge in [0.1, 0.15) is 0 Å². The first-order valence-corrected chi connectivity index (χ1v) is 9.22. The van der Waals surface area contributed by atoms with Crippen molar-refractivity contribution in [2.75, 3.05) is 26.2 Å². The SMILES string of the molecule is CCNC(=NCCCc1nc(C(C)C)no1)NCCNC(=O)C1CC1.I. The Balaban J connectivity index is 0.00000338. The maximum atomic E-state index is 11.6. The summed E-state index contributed by atoms with van der Waals surface area (Å²) in [6.45, 7) is 8.84. The molecule has 1 aliphatic carbocycles. The largest absolute Gasteiger partial charge is 0.357 e. The second-order valence-corrected chi connectivity index (χ2v) is 6.56. The predicted octanol–water partition coefficient (Wildman–Crippen LogP) is 1.82. The number of carbonyl (C=O) groups excluding carboxylic acids is 1. The lowest BCUT2D eigenvalue weighted by Gasteiger charge is -2.11. The number of hydrogen-bond acceptors (Lipinski definition) is 5. The smallest absolute Gasteiger partial charge is 0.226 e. The monoisotopic (exact) mass is 478 g/mol. The van der Waals surface area contributed by atoms with Crippen LogP contribution < -0.4 is 16.0 Å². The molecule has 0 unspecified atom stereocenters. The summed E-state index contributed by atoms with van der Waals surface area (Å²) in [5.74, 6) is 2.88. The molecule has 1 aromatic rings. The molecule has 1 heterocycles. The summed E-state index contributed by atoms with van der Waals surface area (Å²) in [6.07, 6.45) is 3.62. The van der Waals surface area contributed by atoms with Crippen molar-refractivity contribution in [2.24, 2.45) is 10.9 Å². The number of guanidine groups is 1. The van der Waals surface area contributed by atoms with Crippen molar-refractivity contribution in [1.82, 2.24) is 26.1 Å². The van der Waals surface area contributed by atoms with E-state index in [1.54, 1.807) is 0 Å². The van der Waals surface area contributed by atoms with Gasteiger partial charge in [0.2, 0.25) is 11.8 Å². The van der Waals surface area contributed by atoms with Gasteiger partial charge in [-0.25, -0.2) is 0 Å². The Kier molecular flexibility index (Phi) is 10.5. The highest BCUT2D eigenvalue weighted by Gasteiger charge is 2.28. The Labute approximate surface area is 172 Å². The molecule has 1 amide bonds. The Morgan fingerprint density at radius 1 is 1.27 bits per heavy atom. The lowest BCUT2D eigenvalue weighted by molar-refractivity contribution is -0.122. The molecule has 3 N–H and O–H groups in total. The van der Waals surface area contributed by atoms with Gasteiger partial charge in [-0.2, -0.15) is 4.98 Å². The van der Waals surface area contributed by atoms with Crippen LogP contribution in [0, 0.1) is 5.92 Å². The van der Waals surface area contributed by atoms with E-state index in [4.69, 9.17) is 4.52 Å². The van der Waals surface area contributed by atoms with Crippen molar-refractivity contribution in [3.63, 3.8) is 0 Å². The second kappa shape index (κ2) is 12.1. The number of amides is 1. The Morgan fingerprint density at radius 2 is 2.00 bits per heavy atom. The van der Waals surface area contributed by atoms with E-state index < -0.39 is 0 Å². The summed E-state index contributed by atoms with van der Waals surface area (Å²) < 4.78 is 5.23. The van der Waals surface area contributed by atoms with Gasteiger partial charge >= 0.3 is 0 Å². The van der Waals surface area contributed by atoms with Crippen LogP contribution in [-0.4, -0.2) is 48.2 Å². The van der Waals surface area contributed by atoms with Crippen LogP contribution >= 0.6 is 24.0 Å². The number of nitrogens with zero attached hydrogens (tertiary/aromatic N) is 3. The minimum absolute atomic E-state index is 0. The van der Waals surface area contributed by atoms with Crippen molar-refractivity contribution in [1.29, 1.82) is 0 Å². The zero-order chi connectivity index (χ0) is 18.1. The van der Waals surface area contributed by atoms with Gasteiger partial charge in [0.15, 0.2) is 11.8 Å². The van der Waals surface area contributed by atoms with Crippen molar-refractivity contribution >= 4 is 35.8 Å². The summed E-state index contributed by atoms with van der Waals surface area (Å²) in [5.41, 5.74) is 0. The first-order valence-electron chi connectivity index (χ1n) is 9.22. The van der Waals surface area contributed by atoms with E-state index in [-0.39, 0.29) is 41.7 Å². The van der Waals surface area contributed by atoms with Crippen molar-refractivity contribution < 1.29 is 9.32 Å². The molecule has 1 saturated carbocycles. The number of halogens is 1. The maximum absolute atomic E-state index is 11.6. The fourth-order valence-corrected chi connectivity index (χ4v) is 2.22. The molecule has 0 radical (unpaired) electrons. The highest BCUT2D eigenvalue weighted by atomic mass is 127.